The predicted molar refractivity (Wildman–Crippen MR) is 91.9 cm³/mol. The van der Waals surface area contributed by atoms with E-state index in [9.17, 15) is 5.11 Å². The third-order valence-electron chi connectivity index (χ3n) is 4.30. The van der Waals surface area contributed by atoms with Gasteiger partial charge < -0.3 is 10.0 Å². The first kappa shape index (κ1) is 15.6. The molecule has 3 aromatic rings. The van der Waals surface area contributed by atoms with Crippen molar-refractivity contribution < 1.29 is 5.11 Å². The summed E-state index contributed by atoms with van der Waals surface area (Å²) in [6, 6.07) is 6.04. The first-order chi connectivity index (χ1) is 12.1. The average Bonchev–Trinajstić information content (AvgIpc) is 3.04. The first-order valence-corrected chi connectivity index (χ1v) is 8.21. The lowest BCUT2D eigenvalue weighted by Crippen LogP contribution is -2.48. The molecule has 0 radical (unpaired) electrons. The topological polar surface area (TPSA) is 92.8 Å². The van der Waals surface area contributed by atoms with Crippen molar-refractivity contribution in [1.82, 2.24) is 29.9 Å². The molecule has 0 bridgehead atoms. The van der Waals surface area contributed by atoms with Gasteiger partial charge in [-0.25, -0.2) is 14.6 Å². The summed E-state index contributed by atoms with van der Waals surface area (Å²) in [4.78, 5) is 15.4. The number of aliphatic hydroxyl groups is 1. The van der Waals surface area contributed by atoms with Crippen molar-refractivity contribution in [2.45, 2.75) is 26.0 Å². The molecule has 8 nitrogen and oxygen atoms in total. The van der Waals surface area contributed by atoms with Crippen LogP contribution >= 0.6 is 0 Å². The Labute approximate surface area is 145 Å². The van der Waals surface area contributed by atoms with Crippen LogP contribution in [0.25, 0.3) is 11.4 Å². The fourth-order valence-corrected chi connectivity index (χ4v) is 2.81. The van der Waals surface area contributed by atoms with E-state index >= 15 is 0 Å². The zero-order valence-corrected chi connectivity index (χ0v) is 14.1. The molecule has 4 heterocycles. The van der Waals surface area contributed by atoms with Gasteiger partial charge in [-0.2, -0.15) is 0 Å². The largest absolute Gasteiger partial charge is 0.387 e. The summed E-state index contributed by atoms with van der Waals surface area (Å²) in [6.07, 6.45) is 4.69. The van der Waals surface area contributed by atoms with E-state index in [2.05, 4.69) is 30.2 Å². The van der Waals surface area contributed by atoms with Gasteiger partial charge in [-0.05, 0) is 26.0 Å². The molecule has 1 fully saturated rings. The van der Waals surface area contributed by atoms with Gasteiger partial charge in [0.15, 0.2) is 5.82 Å². The quantitative estimate of drug-likeness (QED) is 0.772. The number of anilines is 1. The molecule has 1 aliphatic heterocycles. The third-order valence-corrected chi connectivity index (χ3v) is 4.30. The number of hydrogen-bond acceptors (Lipinski definition) is 7. The van der Waals surface area contributed by atoms with Gasteiger partial charge in [0.25, 0.3) is 0 Å². The Morgan fingerprint density at radius 1 is 1.20 bits per heavy atom. The Morgan fingerprint density at radius 2 is 1.96 bits per heavy atom. The van der Waals surface area contributed by atoms with E-state index in [1.807, 2.05) is 29.8 Å². The van der Waals surface area contributed by atoms with Crippen LogP contribution in [0.3, 0.4) is 0 Å². The normalized spacial score (nSPS) is 15.9. The van der Waals surface area contributed by atoms with Crippen LogP contribution in [0.5, 0.6) is 0 Å². The van der Waals surface area contributed by atoms with Crippen molar-refractivity contribution in [2.24, 2.45) is 0 Å². The van der Waals surface area contributed by atoms with Crippen molar-refractivity contribution in [1.29, 1.82) is 0 Å². The monoisotopic (exact) mass is 337 g/mol. The van der Waals surface area contributed by atoms with Crippen LogP contribution in [0.2, 0.25) is 0 Å². The van der Waals surface area contributed by atoms with Crippen LogP contribution in [0.4, 0.5) is 5.82 Å². The number of nitrogens with zero attached hydrogens (tertiary/aromatic N) is 7. The highest BCUT2D eigenvalue weighted by Gasteiger charge is 2.31. The molecule has 128 valence electrons. The van der Waals surface area contributed by atoms with Crippen molar-refractivity contribution in [3.63, 3.8) is 0 Å². The molecule has 0 aliphatic carbocycles. The molecule has 1 unspecified atom stereocenters. The molecule has 1 aliphatic rings. The molecule has 25 heavy (non-hydrogen) atoms. The SMILES string of the molecule is Cc1cc(N2CC(n3cc(C(C)O)nn3)C2)nc(-c2ccncc2)n1. The van der Waals surface area contributed by atoms with Crippen LogP contribution in [0, 0.1) is 6.92 Å². The van der Waals surface area contributed by atoms with Crippen molar-refractivity contribution in [2.75, 3.05) is 18.0 Å². The Hall–Kier alpha value is -2.87. The number of rotatable bonds is 4. The zero-order chi connectivity index (χ0) is 17.4. The summed E-state index contributed by atoms with van der Waals surface area (Å²) < 4.78 is 1.82. The predicted octanol–water partition coefficient (Wildman–Crippen LogP) is 1.55. The minimum absolute atomic E-state index is 0.236. The van der Waals surface area contributed by atoms with Crippen molar-refractivity contribution in [3.05, 3.63) is 48.2 Å². The second kappa shape index (κ2) is 6.21. The van der Waals surface area contributed by atoms with Gasteiger partial charge >= 0.3 is 0 Å². The van der Waals surface area contributed by atoms with Gasteiger partial charge in [0, 0.05) is 42.8 Å². The molecule has 1 atom stereocenters. The van der Waals surface area contributed by atoms with E-state index < -0.39 is 6.10 Å². The fourth-order valence-electron chi connectivity index (χ4n) is 2.81. The van der Waals surface area contributed by atoms with Crippen LogP contribution in [0.1, 0.15) is 30.5 Å². The average molecular weight is 337 g/mol. The molecular weight excluding hydrogens is 318 g/mol. The third kappa shape index (κ3) is 3.08. The second-order valence-corrected chi connectivity index (χ2v) is 6.29. The van der Waals surface area contributed by atoms with Crippen LogP contribution in [-0.4, -0.2) is 48.1 Å². The van der Waals surface area contributed by atoms with E-state index in [4.69, 9.17) is 0 Å². The van der Waals surface area contributed by atoms with Gasteiger partial charge in [-0.15, -0.1) is 5.10 Å². The number of aromatic nitrogens is 6. The van der Waals surface area contributed by atoms with Gasteiger partial charge in [0.2, 0.25) is 0 Å². The molecule has 4 rings (SSSR count). The number of pyridine rings is 1. The lowest BCUT2D eigenvalue weighted by molar-refractivity contribution is 0.194. The molecule has 1 N–H and O–H groups in total. The highest BCUT2D eigenvalue weighted by molar-refractivity contribution is 5.57. The Bertz CT molecular complexity index is 872. The van der Waals surface area contributed by atoms with E-state index in [0.717, 1.165) is 30.2 Å². The Balaban J connectivity index is 1.51. The molecular formula is C17H19N7O. The maximum absolute atomic E-state index is 9.56. The maximum Gasteiger partial charge on any atom is 0.161 e. The van der Waals surface area contributed by atoms with Crippen molar-refractivity contribution >= 4 is 5.82 Å². The molecule has 0 spiro atoms. The summed E-state index contributed by atoms with van der Waals surface area (Å²) in [5, 5.41) is 17.7. The minimum atomic E-state index is -0.600. The number of aryl methyl sites for hydroxylation is 1. The van der Waals surface area contributed by atoms with Crippen LogP contribution in [-0.2, 0) is 0 Å². The highest BCUT2D eigenvalue weighted by Crippen LogP contribution is 2.28. The van der Waals surface area contributed by atoms with Gasteiger partial charge in [-0.1, -0.05) is 5.21 Å². The first-order valence-electron chi connectivity index (χ1n) is 8.21. The molecule has 1 saturated heterocycles. The smallest absolute Gasteiger partial charge is 0.161 e. The molecule has 3 aromatic heterocycles. The summed E-state index contributed by atoms with van der Waals surface area (Å²) in [7, 11) is 0. The minimum Gasteiger partial charge on any atom is -0.387 e. The maximum atomic E-state index is 9.56. The number of hydrogen-bond donors (Lipinski definition) is 1. The van der Waals surface area contributed by atoms with Gasteiger partial charge in [0.05, 0.1) is 18.3 Å². The molecule has 8 heteroatoms. The molecule has 0 saturated carbocycles. The van der Waals surface area contributed by atoms with E-state index in [1.54, 1.807) is 25.5 Å². The van der Waals surface area contributed by atoms with E-state index in [1.165, 1.54) is 0 Å². The van der Waals surface area contributed by atoms with E-state index in [0.29, 0.717) is 11.5 Å². The van der Waals surface area contributed by atoms with E-state index in [-0.39, 0.29) is 6.04 Å². The van der Waals surface area contributed by atoms with Crippen molar-refractivity contribution in [3.8, 4) is 11.4 Å². The summed E-state index contributed by atoms with van der Waals surface area (Å²) in [5.41, 5.74) is 2.48. The lowest BCUT2D eigenvalue weighted by Gasteiger charge is -2.39. The summed E-state index contributed by atoms with van der Waals surface area (Å²) in [6.45, 7) is 5.26. The number of aliphatic hydroxyl groups excluding tert-OH is 1. The Morgan fingerprint density at radius 3 is 2.64 bits per heavy atom. The Kier molecular flexibility index (Phi) is 3.89. The highest BCUT2D eigenvalue weighted by atomic mass is 16.3. The lowest BCUT2D eigenvalue weighted by atomic mass is 10.1. The van der Waals surface area contributed by atoms with Gasteiger partial charge in [0.1, 0.15) is 11.5 Å². The summed E-state index contributed by atoms with van der Waals surface area (Å²) in [5.74, 6) is 1.62. The van der Waals surface area contributed by atoms with Crippen LogP contribution < -0.4 is 4.90 Å². The second-order valence-electron chi connectivity index (χ2n) is 6.29. The fraction of sp³-hybridized carbons (Fsp3) is 0.353. The summed E-state index contributed by atoms with van der Waals surface area (Å²) >= 11 is 0. The van der Waals surface area contributed by atoms with Crippen LogP contribution in [0.15, 0.2) is 36.8 Å². The van der Waals surface area contributed by atoms with Gasteiger partial charge in [-0.3, -0.25) is 4.98 Å². The molecule has 0 aromatic carbocycles. The standard InChI is InChI=1S/C17H19N7O/c1-11-7-16(20-17(19-11)13-3-5-18-6-4-13)23-8-14(9-23)24-10-15(12(2)25)21-22-24/h3-7,10,12,14,25H,8-9H2,1-2H3. The zero-order valence-electron chi connectivity index (χ0n) is 14.1. The molecule has 0 amide bonds.